The van der Waals surface area contributed by atoms with E-state index in [4.69, 9.17) is 0 Å². The van der Waals surface area contributed by atoms with Gasteiger partial charge in [0.15, 0.2) is 0 Å². The molecule has 176 valence electrons. The highest BCUT2D eigenvalue weighted by Gasteiger charge is 2.43. The van der Waals surface area contributed by atoms with Crippen molar-refractivity contribution in [3.63, 3.8) is 0 Å². The Morgan fingerprint density at radius 2 is 1.97 bits per heavy atom. The van der Waals surface area contributed by atoms with E-state index in [9.17, 15) is 22.8 Å². The zero-order valence-electron chi connectivity index (χ0n) is 18.3. The molecule has 0 N–H and O–H groups in total. The van der Waals surface area contributed by atoms with Crippen molar-refractivity contribution in [2.24, 2.45) is 13.0 Å². The molecule has 34 heavy (non-hydrogen) atoms. The number of aromatic nitrogens is 5. The Balaban J connectivity index is 1.62. The molecule has 5 rings (SSSR count). The average Bonchev–Trinajstić information content (AvgIpc) is 3.58. The fourth-order valence-corrected chi connectivity index (χ4v) is 4.88. The molecular weight excluding hydrogens is 450 g/mol. The van der Waals surface area contributed by atoms with Crippen LogP contribution in [0, 0.1) is 23.2 Å². The van der Waals surface area contributed by atoms with Crippen molar-refractivity contribution in [1.29, 1.82) is 5.26 Å². The van der Waals surface area contributed by atoms with E-state index in [1.165, 1.54) is 6.07 Å². The van der Waals surface area contributed by atoms with E-state index in [2.05, 4.69) is 20.2 Å². The number of hydrogen-bond donors (Lipinski definition) is 0. The van der Waals surface area contributed by atoms with Gasteiger partial charge in [0, 0.05) is 37.3 Å². The Bertz CT molecular complexity index is 1240. The molecule has 0 spiro atoms. The first-order chi connectivity index (χ1) is 16.3. The maximum absolute atomic E-state index is 13.6. The van der Waals surface area contributed by atoms with E-state index in [1.807, 2.05) is 22.6 Å². The Morgan fingerprint density at radius 1 is 1.18 bits per heavy atom. The maximum atomic E-state index is 13.6. The third-order valence-corrected chi connectivity index (χ3v) is 6.61. The van der Waals surface area contributed by atoms with E-state index in [-0.39, 0.29) is 28.8 Å². The monoisotopic (exact) mass is 471 g/mol. The second-order valence-corrected chi connectivity index (χ2v) is 8.85. The molecular formula is C23H21F4N7. The van der Waals surface area contributed by atoms with Crippen LogP contribution < -0.4 is 4.90 Å². The number of rotatable bonds is 4. The molecule has 1 saturated carbocycles. The number of nitriles is 1. The lowest BCUT2D eigenvalue weighted by molar-refractivity contribution is -0.141. The lowest BCUT2D eigenvalue weighted by atomic mass is 9.86. The topological polar surface area (TPSA) is 83.5 Å². The molecule has 1 aliphatic heterocycles. The summed E-state index contributed by atoms with van der Waals surface area (Å²) in [6.45, 7) is 0.516. The summed E-state index contributed by atoms with van der Waals surface area (Å²) in [5, 5.41) is 18.1. The van der Waals surface area contributed by atoms with Crippen molar-refractivity contribution in [1.82, 2.24) is 24.7 Å². The van der Waals surface area contributed by atoms with Gasteiger partial charge in [0.05, 0.1) is 16.9 Å². The summed E-state index contributed by atoms with van der Waals surface area (Å²) in [5.74, 6) is 0.639. The van der Waals surface area contributed by atoms with Crippen molar-refractivity contribution in [2.75, 3.05) is 11.4 Å². The second kappa shape index (κ2) is 8.34. The second-order valence-electron chi connectivity index (χ2n) is 8.85. The summed E-state index contributed by atoms with van der Waals surface area (Å²) in [4.78, 5) is 9.54. The molecule has 2 aliphatic rings. The van der Waals surface area contributed by atoms with Gasteiger partial charge in [0.1, 0.15) is 23.9 Å². The van der Waals surface area contributed by atoms with Crippen molar-refractivity contribution in [2.45, 2.75) is 43.8 Å². The van der Waals surface area contributed by atoms with Crippen LogP contribution in [0.15, 0.2) is 30.7 Å². The molecule has 4 heterocycles. The van der Waals surface area contributed by atoms with Gasteiger partial charge in [-0.05, 0) is 49.8 Å². The average molecular weight is 471 g/mol. The lowest BCUT2D eigenvalue weighted by Crippen LogP contribution is -2.44. The van der Waals surface area contributed by atoms with Crippen molar-refractivity contribution in [3.8, 4) is 17.3 Å². The highest BCUT2D eigenvalue weighted by Crippen LogP contribution is 2.47. The Morgan fingerprint density at radius 3 is 2.56 bits per heavy atom. The normalized spacial score (nSPS) is 20.9. The fraction of sp³-hybridized carbons (Fsp3) is 0.435. The van der Waals surface area contributed by atoms with Gasteiger partial charge in [0.25, 0.3) is 0 Å². The SMILES string of the molecule is Cn1cnnc1[C@H]1CCN(c2c(C#N)cc(C(F)(F)F)nc2-c2ccc(F)nc2)[C@H](C2CC2)C1. The summed E-state index contributed by atoms with van der Waals surface area (Å²) >= 11 is 0. The molecule has 0 unspecified atom stereocenters. The number of anilines is 1. The number of alkyl halides is 3. The third-order valence-electron chi connectivity index (χ3n) is 6.61. The van der Waals surface area contributed by atoms with Crippen LogP contribution in [0.3, 0.4) is 0 Å². The molecule has 2 fully saturated rings. The molecule has 0 radical (unpaired) electrons. The summed E-state index contributed by atoms with van der Waals surface area (Å²) in [5.41, 5.74) is -0.712. The van der Waals surface area contributed by atoms with Crippen LogP contribution in [0.2, 0.25) is 0 Å². The number of piperidine rings is 1. The number of pyridine rings is 2. The minimum Gasteiger partial charge on any atom is -0.365 e. The van der Waals surface area contributed by atoms with Gasteiger partial charge in [-0.2, -0.15) is 22.8 Å². The summed E-state index contributed by atoms with van der Waals surface area (Å²) < 4.78 is 56.2. The van der Waals surface area contributed by atoms with Crippen LogP contribution in [0.1, 0.15) is 48.7 Å². The van der Waals surface area contributed by atoms with Crippen LogP contribution in [0.5, 0.6) is 0 Å². The van der Waals surface area contributed by atoms with Crippen LogP contribution in [0.25, 0.3) is 11.3 Å². The minimum absolute atomic E-state index is 0.00763. The van der Waals surface area contributed by atoms with E-state index in [0.717, 1.165) is 43.4 Å². The standard InChI is InChI=1S/C23H21F4N7/c1-33-12-30-32-22(33)14-6-7-34(17(8-14)13-2-3-13)21-16(10-28)9-18(23(25,26)27)31-20(21)15-4-5-19(24)29-11-15/h4-5,9,11-14,17H,2-3,6-8H2,1H3/t14-,17-/m0/s1. The Kier molecular flexibility index (Phi) is 5.46. The van der Waals surface area contributed by atoms with Gasteiger partial charge in [-0.25, -0.2) is 9.97 Å². The molecule has 0 bridgehead atoms. The first-order valence-electron chi connectivity index (χ1n) is 11.0. The van der Waals surface area contributed by atoms with Crippen LogP contribution >= 0.6 is 0 Å². The molecule has 7 nitrogen and oxygen atoms in total. The highest BCUT2D eigenvalue weighted by molar-refractivity contribution is 5.80. The Hall–Kier alpha value is -3.55. The molecule has 0 amide bonds. The number of halogens is 4. The van der Waals surface area contributed by atoms with Gasteiger partial charge in [-0.15, -0.1) is 10.2 Å². The summed E-state index contributed by atoms with van der Waals surface area (Å²) in [6.07, 6.45) is 1.53. The first kappa shape index (κ1) is 22.3. The molecule has 11 heteroatoms. The molecule has 1 saturated heterocycles. The third kappa shape index (κ3) is 4.08. The first-order valence-corrected chi connectivity index (χ1v) is 11.0. The number of nitrogens with zero attached hydrogens (tertiary/aromatic N) is 7. The molecule has 3 aromatic rings. The molecule has 0 aromatic carbocycles. The van der Waals surface area contributed by atoms with E-state index < -0.39 is 17.8 Å². The summed E-state index contributed by atoms with van der Waals surface area (Å²) in [6, 6.07) is 5.18. The van der Waals surface area contributed by atoms with Crippen molar-refractivity contribution in [3.05, 3.63) is 53.8 Å². The van der Waals surface area contributed by atoms with E-state index in [0.29, 0.717) is 24.6 Å². The summed E-state index contributed by atoms with van der Waals surface area (Å²) in [7, 11) is 1.89. The van der Waals surface area contributed by atoms with Gasteiger partial charge in [-0.1, -0.05) is 0 Å². The quantitative estimate of drug-likeness (QED) is 0.413. The van der Waals surface area contributed by atoms with Gasteiger partial charge in [0.2, 0.25) is 5.95 Å². The molecule has 1 aliphatic carbocycles. The Labute approximate surface area is 193 Å². The molecule has 3 aromatic heterocycles. The zero-order valence-corrected chi connectivity index (χ0v) is 18.3. The smallest absolute Gasteiger partial charge is 0.365 e. The predicted octanol–water partition coefficient (Wildman–Crippen LogP) is 4.46. The van der Waals surface area contributed by atoms with Gasteiger partial charge < -0.3 is 9.47 Å². The van der Waals surface area contributed by atoms with E-state index in [1.54, 1.807) is 6.33 Å². The highest BCUT2D eigenvalue weighted by atomic mass is 19.4. The fourth-order valence-electron chi connectivity index (χ4n) is 4.88. The largest absolute Gasteiger partial charge is 0.433 e. The predicted molar refractivity (Wildman–Crippen MR) is 114 cm³/mol. The zero-order chi connectivity index (χ0) is 24.0. The minimum atomic E-state index is -4.74. The van der Waals surface area contributed by atoms with Crippen molar-refractivity contribution >= 4 is 5.69 Å². The molecule has 2 atom stereocenters. The lowest BCUT2D eigenvalue weighted by Gasteiger charge is -2.42. The van der Waals surface area contributed by atoms with E-state index >= 15 is 0 Å². The van der Waals surface area contributed by atoms with Gasteiger partial charge >= 0.3 is 6.18 Å². The van der Waals surface area contributed by atoms with Crippen LogP contribution in [-0.2, 0) is 13.2 Å². The maximum Gasteiger partial charge on any atom is 0.433 e. The van der Waals surface area contributed by atoms with Crippen LogP contribution in [-0.4, -0.2) is 37.3 Å². The van der Waals surface area contributed by atoms with Gasteiger partial charge in [-0.3, -0.25) is 0 Å². The number of hydrogen-bond acceptors (Lipinski definition) is 6. The number of aryl methyl sites for hydroxylation is 1. The van der Waals surface area contributed by atoms with Crippen molar-refractivity contribution < 1.29 is 17.6 Å². The van der Waals surface area contributed by atoms with Crippen LogP contribution in [0.4, 0.5) is 23.2 Å².